The number of fused-ring (bicyclic) bond motifs is 1. The van der Waals surface area contributed by atoms with Gasteiger partial charge in [0.1, 0.15) is 4.90 Å². The van der Waals surface area contributed by atoms with Crippen LogP contribution in [0.4, 0.5) is 5.69 Å². The lowest BCUT2D eigenvalue weighted by Gasteiger charge is -2.30. The first-order chi connectivity index (χ1) is 11.5. The summed E-state index contributed by atoms with van der Waals surface area (Å²) in [7, 11) is -3.72. The molecule has 1 aliphatic rings. The van der Waals surface area contributed by atoms with Crippen LogP contribution in [0, 0.1) is 0 Å². The molecule has 0 fully saturated rings. The zero-order chi connectivity index (χ0) is 17.6. The number of carbonyl (C=O) groups excluding carboxylic acids is 1. The van der Waals surface area contributed by atoms with Crippen molar-refractivity contribution in [2.45, 2.75) is 38.0 Å². The van der Waals surface area contributed by atoms with Gasteiger partial charge in [-0.05, 0) is 25.0 Å². The number of benzene rings is 1. The fourth-order valence-electron chi connectivity index (χ4n) is 2.28. The zero-order valence-corrected chi connectivity index (χ0v) is 15.6. The van der Waals surface area contributed by atoms with Crippen molar-refractivity contribution in [3.8, 4) is 0 Å². The Morgan fingerprint density at radius 1 is 1.25 bits per heavy atom. The number of amidine groups is 1. The highest BCUT2D eigenvalue weighted by atomic mass is 32.2. The van der Waals surface area contributed by atoms with Crippen LogP contribution < -0.4 is 10.2 Å². The molecule has 0 unspecified atom stereocenters. The Balaban J connectivity index is 2.24. The highest BCUT2D eigenvalue weighted by Crippen LogP contribution is 2.34. The van der Waals surface area contributed by atoms with Crippen molar-refractivity contribution < 1.29 is 13.2 Å². The van der Waals surface area contributed by atoms with Gasteiger partial charge in [0.15, 0.2) is 5.17 Å². The summed E-state index contributed by atoms with van der Waals surface area (Å²) in [4.78, 5) is 13.9. The Morgan fingerprint density at radius 3 is 2.71 bits per heavy atom. The number of hydrogen-bond acceptors (Lipinski definition) is 5. The molecule has 0 spiro atoms. The van der Waals surface area contributed by atoms with E-state index in [0.29, 0.717) is 23.9 Å². The van der Waals surface area contributed by atoms with Crippen molar-refractivity contribution in [1.29, 1.82) is 0 Å². The highest BCUT2D eigenvalue weighted by molar-refractivity contribution is 8.15. The van der Waals surface area contributed by atoms with Crippen LogP contribution >= 0.6 is 11.8 Å². The van der Waals surface area contributed by atoms with Gasteiger partial charge in [-0.2, -0.15) is 8.42 Å². The first-order valence-corrected chi connectivity index (χ1v) is 10.5. The van der Waals surface area contributed by atoms with Gasteiger partial charge in [0.2, 0.25) is 5.91 Å². The largest absolute Gasteiger partial charge is 0.355 e. The summed E-state index contributed by atoms with van der Waals surface area (Å²) in [6.07, 6.45) is 2.76. The Kier molecular flexibility index (Phi) is 6.68. The Bertz CT molecular complexity index is 717. The summed E-state index contributed by atoms with van der Waals surface area (Å²) < 4.78 is 28.7. The van der Waals surface area contributed by atoms with Crippen LogP contribution in [-0.4, -0.2) is 38.3 Å². The SMILES string of the molecule is CCCCN1C(SCC(=O)NCCC)=NS(=O)(=O)c2ccccc21. The van der Waals surface area contributed by atoms with E-state index in [1.807, 2.05) is 17.9 Å². The number of sulfonamides is 1. The molecule has 0 radical (unpaired) electrons. The molecule has 2 rings (SSSR count). The molecule has 0 saturated carbocycles. The fourth-order valence-corrected chi connectivity index (χ4v) is 4.59. The molecule has 6 nitrogen and oxygen atoms in total. The number of rotatable bonds is 7. The minimum atomic E-state index is -3.72. The highest BCUT2D eigenvalue weighted by Gasteiger charge is 2.30. The van der Waals surface area contributed by atoms with E-state index in [0.717, 1.165) is 19.3 Å². The summed E-state index contributed by atoms with van der Waals surface area (Å²) in [5, 5.41) is 3.16. The van der Waals surface area contributed by atoms with Crippen molar-refractivity contribution in [3.63, 3.8) is 0 Å². The van der Waals surface area contributed by atoms with E-state index in [1.54, 1.807) is 18.2 Å². The summed E-state index contributed by atoms with van der Waals surface area (Å²) in [6, 6.07) is 6.87. The predicted octanol–water partition coefficient (Wildman–Crippen LogP) is 2.61. The number of amides is 1. The number of unbranched alkanes of at least 4 members (excludes halogenated alkanes) is 1. The molecule has 0 aromatic heterocycles. The normalized spacial score (nSPS) is 15.6. The third-order valence-electron chi connectivity index (χ3n) is 3.50. The van der Waals surface area contributed by atoms with Crippen molar-refractivity contribution in [2.75, 3.05) is 23.7 Å². The Hall–Kier alpha value is -1.54. The number of thioether (sulfide) groups is 1. The third-order valence-corrected chi connectivity index (χ3v) is 5.91. The number of anilines is 1. The van der Waals surface area contributed by atoms with Crippen LogP contribution in [0.15, 0.2) is 33.6 Å². The second-order valence-corrected chi connectivity index (χ2v) is 7.98. The van der Waals surface area contributed by atoms with Gasteiger partial charge in [-0.15, -0.1) is 4.40 Å². The van der Waals surface area contributed by atoms with Crippen LogP contribution in [0.25, 0.3) is 0 Å². The summed E-state index contributed by atoms with van der Waals surface area (Å²) in [6.45, 7) is 5.35. The third kappa shape index (κ3) is 4.51. The molecule has 0 bridgehead atoms. The lowest BCUT2D eigenvalue weighted by molar-refractivity contribution is -0.118. The Morgan fingerprint density at radius 2 is 2.00 bits per heavy atom. The van der Waals surface area contributed by atoms with Gasteiger partial charge in [-0.1, -0.05) is 44.2 Å². The van der Waals surface area contributed by atoms with E-state index in [9.17, 15) is 13.2 Å². The molecule has 1 N–H and O–H groups in total. The van der Waals surface area contributed by atoms with Gasteiger partial charge >= 0.3 is 0 Å². The van der Waals surface area contributed by atoms with Crippen LogP contribution in [-0.2, 0) is 14.8 Å². The maximum atomic E-state index is 12.4. The van der Waals surface area contributed by atoms with Gasteiger partial charge in [-0.3, -0.25) is 4.79 Å². The van der Waals surface area contributed by atoms with Crippen LogP contribution in [0.1, 0.15) is 33.1 Å². The predicted molar refractivity (Wildman–Crippen MR) is 99.1 cm³/mol. The van der Waals surface area contributed by atoms with Gasteiger partial charge in [0.25, 0.3) is 10.0 Å². The summed E-state index contributed by atoms with van der Waals surface area (Å²) in [5.41, 5.74) is 0.636. The molecular weight excluding hydrogens is 346 g/mol. The van der Waals surface area contributed by atoms with E-state index in [-0.39, 0.29) is 16.6 Å². The molecule has 1 aromatic carbocycles. The molecule has 1 heterocycles. The van der Waals surface area contributed by atoms with E-state index in [1.165, 1.54) is 11.8 Å². The van der Waals surface area contributed by atoms with Crippen LogP contribution in [0.3, 0.4) is 0 Å². The van der Waals surface area contributed by atoms with Crippen molar-refractivity contribution in [3.05, 3.63) is 24.3 Å². The van der Waals surface area contributed by atoms with Crippen LogP contribution in [0.5, 0.6) is 0 Å². The molecule has 24 heavy (non-hydrogen) atoms. The van der Waals surface area contributed by atoms with Crippen molar-refractivity contribution in [2.24, 2.45) is 4.40 Å². The summed E-state index contributed by atoms with van der Waals surface area (Å²) >= 11 is 1.17. The smallest absolute Gasteiger partial charge is 0.286 e. The maximum Gasteiger partial charge on any atom is 0.286 e. The second kappa shape index (κ2) is 8.53. The molecule has 1 aliphatic heterocycles. The first-order valence-electron chi connectivity index (χ1n) is 8.10. The number of nitrogens with zero attached hydrogens (tertiary/aromatic N) is 2. The van der Waals surface area contributed by atoms with E-state index < -0.39 is 10.0 Å². The lowest BCUT2D eigenvalue weighted by atomic mass is 10.2. The van der Waals surface area contributed by atoms with Gasteiger partial charge < -0.3 is 10.2 Å². The quantitative estimate of drug-likeness (QED) is 0.799. The monoisotopic (exact) mass is 369 g/mol. The molecule has 0 atom stereocenters. The molecule has 132 valence electrons. The van der Waals surface area contributed by atoms with Crippen molar-refractivity contribution >= 4 is 38.5 Å². The number of nitrogens with one attached hydrogen (secondary N) is 1. The topological polar surface area (TPSA) is 78.8 Å². The minimum absolute atomic E-state index is 0.115. The van der Waals surface area contributed by atoms with Gasteiger partial charge in [0, 0.05) is 13.1 Å². The standard InChI is InChI=1S/C16H23N3O3S2/c1-3-5-11-19-13-8-6-7-9-14(13)24(21,22)18-16(19)23-12-15(20)17-10-4-2/h6-9H,3-5,10-12H2,1-2H3,(H,17,20). The number of carbonyl (C=O) groups is 1. The fraction of sp³-hybridized carbons (Fsp3) is 0.500. The maximum absolute atomic E-state index is 12.4. The molecule has 1 aromatic rings. The average Bonchev–Trinajstić information content (AvgIpc) is 2.57. The molecular formula is C16H23N3O3S2. The summed E-state index contributed by atoms with van der Waals surface area (Å²) in [5.74, 6) is 0.0373. The zero-order valence-electron chi connectivity index (χ0n) is 14.0. The first kappa shape index (κ1) is 18.8. The number of hydrogen-bond donors (Lipinski definition) is 1. The number of para-hydroxylation sites is 1. The van der Waals surface area contributed by atoms with Gasteiger partial charge in [-0.25, -0.2) is 0 Å². The minimum Gasteiger partial charge on any atom is -0.355 e. The second-order valence-electron chi connectivity index (χ2n) is 5.46. The molecule has 0 saturated heterocycles. The van der Waals surface area contributed by atoms with Crippen molar-refractivity contribution in [1.82, 2.24) is 5.32 Å². The lowest BCUT2D eigenvalue weighted by Crippen LogP contribution is -2.36. The van der Waals surface area contributed by atoms with Gasteiger partial charge in [0.05, 0.1) is 11.4 Å². The average molecular weight is 370 g/mol. The van der Waals surface area contributed by atoms with E-state index >= 15 is 0 Å². The Labute approximate surface area is 147 Å². The van der Waals surface area contributed by atoms with E-state index in [4.69, 9.17) is 0 Å². The molecule has 1 amide bonds. The molecule has 0 aliphatic carbocycles. The van der Waals surface area contributed by atoms with E-state index in [2.05, 4.69) is 16.6 Å². The molecule has 8 heteroatoms. The van der Waals surface area contributed by atoms with Crippen LogP contribution in [0.2, 0.25) is 0 Å².